The number of aliphatic hydroxyl groups is 1. The summed E-state index contributed by atoms with van der Waals surface area (Å²) in [5.74, 6) is -0.285. The standard InChI is InChI=1S/C16H22BrClN2O5/c1-16(2,3)25-15(23)20-6-4-5-10(20)11(21)8-24-14-13(22)9(17)7-12(18)19-14/h7,10-11,21-22H,4-6,8H2,1-3H3/t10-,11-/m1/s1. The zero-order valence-electron chi connectivity index (χ0n) is 14.3. The molecule has 1 aromatic rings. The number of aromatic hydroxyl groups is 1. The highest BCUT2D eigenvalue weighted by atomic mass is 79.9. The predicted molar refractivity (Wildman–Crippen MR) is 96.1 cm³/mol. The average Bonchev–Trinajstić information content (AvgIpc) is 2.97. The zero-order chi connectivity index (χ0) is 18.8. The lowest BCUT2D eigenvalue weighted by Gasteiger charge is -2.30. The minimum atomic E-state index is -0.950. The van der Waals surface area contributed by atoms with Crippen molar-refractivity contribution in [2.24, 2.45) is 0 Å². The molecule has 0 saturated carbocycles. The van der Waals surface area contributed by atoms with Crippen molar-refractivity contribution in [1.29, 1.82) is 0 Å². The molecule has 1 aliphatic heterocycles. The van der Waals surface area contributed by atoms with Gasteiger partial charge in [0.05, 0.1) is 10.5 Å². The van der Waals surface area contributed by atoms with Crippen LogP contribution in [0.2, 0.25) is 5.15 Å². The fourth-order valence-corrected chi connectivity index (χ4v) is 3.28. The van der Waals surface area contributed by atoms with E-state index < -0.39 is 23.8 Å². The Bertz CT molecular complexity index is 638. The number of pyridine rings is 1. The molecular weight excluding hydrogens is 416 g/mol. The van der Waals surface area contributed by atoms with Crippen LogP contribution < -0.4 is 4.74 Å². The quantitative estimate of drug-likeness (QED) is 0.702. The molecule has 1 amide bonds. The van der Waals surface area contributed by atoms with E-state index in [9.17, 15) is 15.0 Å². The van der Waals surface area contributed by atoms with Crippen LogP contribution in [0.5, 0.6) is 11.6 Å². The Hall–Kier alpha value is -1.25. The van der Waals surface area contributed by atoms with Crippen LogP contribution in [0.3, 0.4) is 0 Å². The van der Waals surface area contributed by atoms with Crippen molar-refractivity contribution < 1.29 is 24.5 Å². The number of nitrogens with zero attached hydrogens (tertiary/aromatic N) is 2. The first-order chi connectivity index (χ1) is 11.6. The van der Waals surface area contributed by atoms with Crippen molar-refractivity contribution in [3.05, 3.63) is 15.7 Å². The van der Waals surface area contributed by atoms with Crippen molar-refractivity contribution in [3.8, 4) is 11.6 Å². The number of carbonyl (C=O) groups excluding carboxylic acids is 1. The van der Waals surface area contributed by atoms with E-state index >= 15 is 0 Å². The van der Waals surface area contributed by atoms with Gasteiger partial charge in [-0.05, 0) is 55.6 Å². The van der Waals surface area contributed by atoms with Crippen LogP contribution in [0.15, 0.2) is 10.5 Å². The van der Waals surface area contributed by atoms with Crippen molar-refractivity contribution in [2.45, 2.75) is 51.4 Å². The predicted octanol–water partition coefficient (Wildman–Crippen LogP) is 3.34. The van der Waals surface area contributed by atoms with Gasteiger partial charge in [0.1, 0.15) is 23.5 Å². The topological polar surface area (TPSA) is 92.1 Å². The molecule has 0 unspecified atom stereocenters. The SMILES string of the molecule is CC(C)(C)OC(=O)N1CCC[C@@H]1[C@H](O)COc1nc(Cl)cc(Br)c1O. The third kappa shape index (κ3) is 5.36. The van der Waals surface area contributed by atoms with Crippen LogP contribution in [0.25, 0.3) is 0 Å². The number of ether oxygens (including phenoxy) is 2. The molecule has 0 radical (unpaired) electrons. The first-order valence-electron chi connectivity index (χ1n) is 7.94. The number of aromatic nitrogens is 1. The molecule has 1 aliphatic rings. The van der Waals surface area contributed by atoms with Crippen LogP contribution in [-0.2, 0) is 4.74 Å². The Kier molecular flexibility index (Phi) is 6.40. The lowest BCUT2D eigenvalue weighted by molar-refractivity contribution is -0.00415. The molecule has 2 N–H and O–H groups in total. The van der Waals surface area contributed by atoms with E-state index in [0.717, 1.165) is 6.42 Å². The Balaban J connectivity index is 2.00. The number of hydrogen-bond donors (Lipinski definition) is 2. The highest BCUT2D eigenvalue weighted by Crippen LogP contribution is 2.34. The second-order valence-corrected chi connectivity index (χ2v) is 8.08. The van der Waals surface area contributed by atoms with Gasteiger partial charge in [-0.15, -0.1) is 0 Å². The van der Waals surface area contributed by atoms with Gasteiger partial charge in [0.25, 0.3) is 5.88 Å². The summed E-state index contributed by atoms with van der Waals surface area (Å²) >= 11 is 8.97. The molecular formula is C16H22BrClN2O5. The molecule has 0 aromatic carbocycles. The fraction of sp³-hybridized carbons (Fsp3) is 0.625. The van der Waals surface area contributed by atoms with Gasteiger partial charge >= 0.3 is 6.09 Å². The molecule has 0 spiro atoms. The molecule has 25 heavy (non-hydrogen) atoms. The molecule has 140 valence electrons. The molecule has 1 fully saturated rings. The minimum Gasteiger partial charge on any atom is -0.502 e. The van der Waals surface area contributed by atoms with Gasteiger partial charge in [-0.25, -0.2) is 4.79 Å². The van der Waals surface area contributed by atoms with Crippen molar-refractivity contribution >= 4 is 33.6 Å². The first kappa shape index (κ1) is 20.1. The number of likely N-dealkylation sites (tertiary alicyclic amines) is 1. The molecule has 9 heteroatoms. The molecule has 1 aromatic heterocycles. The van der Waals surface area contributed by atoms with Gasteiger partial charge in [-0.3, -0.25) is 0 Å². The van der Waals surface area contributed by atoms with Gasteiger partial charge in [0.15, 0.2) is 5.75 Å². The maximum absolute atomic E-state index is 12.3. The summed E-state index contributed by atoms with van der Waals surface area (Å²) in [5.41, 5.74) is -0.603. The average molecular weight is 438 g/mol. The van der Waals surface area contributed by atoms with Crippen molar-refractivity contribution in [1.82, 2.24) is 9.88 Å². The number of amides is 1. The number of rotatable bonds is 4. The number of halogens is 2. The van der Waals surface area contributed by atoms with Gasteiger partial charge in [0.2, 0.25) is 0 Å². The van der Waals surface area contributed by atoms with Crippen LogP contribution >= 0.6 is 27.5 Å². The van der Waals surface area contributed by atoms with Gasteiger partial charge < -0.3 is 24.6 Å². The number of aliphatic hydroxyl groups excluding tert-OH is 1. The lowest BCUT2D eigenvalue weighted by atomic mass is 10.1. The second kappa shape index (κ2) is 7.97. The summed E-state index contributed by atoms with van der Waals surface area (Å²) < 4.78 is 11.1. The maximum atomic E-state index is 12.3. The van der Waals surface area contributed by atoms with Crippen molar-refractivity contribution in [3.63, 3.8) is 0 Å². The van der Waals surface area contributed by atoms with Gasteiger partial charge in [-0.2, -0.15) is 4.98 Å². The Morgan fingerprint density at radius 3 is 2.88 bits per heavy atom. The normalized spacial score (nSPS) is 19.0. The van der Waals surface area contributed by atoms with Gasteiger partial charge in [-0.1, -0.05) is 11.6 Å². The highest BCUT2D eigenvalue weighted by Gasteiger charge is 2.36. The summed E-state index contributed by atoms with van der Waals surface area (Å²) in [6.07, 6.45) is 0.00443. The maximum Gasteiger partial charge on any atom is 0.410 e. The molecule has 2 atom stereocenters. The summed E-state index contributed by atoms with van der Waals surface area (Å²) in [5, 5.41) is 20.5. The third-order valence-electron chi connectivity index (χ3n) is 3.65. The summed E-state index contributed by atoms with van der Waals surface area (Å²) in [6, 6.07) is 1.01. The minimum absolute atomic E-state index is 0.0831. The monoisotopic (exact) mass is 436 g/mol. The van der Waals surface area contributed by atoms with Crippen LogP contribution in [0.1, 0.15) is 33.6 Å². The van der Waals surface area contributed by atoms with Crippen molar-refractivity contribution in [2.75, 3.05) is 13.2 Å². The van der Waals surface area contributed by atoms with E-state index in [1.807, 2.05) is 0 Å². The third-order valence-corrected chi connectivity index (χ3v) is 4.44. The first-order valence-corrected chi connectivity index (χ1v) is 9.11. The molecule has 0 bridgehead atoms. The number of hydrogen-bond acceptors (Lipinski definition) is 6. The van der Waals surface area contributed by atoms with Crippen LogP contribution in [0.4, 0.5) is 4.79 Å². The summed E-state index contributed by atoms with van der Waals surface area (Å²) in [4.78, 5) is 17.7. The molecule has 2 rings (SSSR count). The van der Waals surface area contributed by atoms with E-state index in [2.05, 4.69) is 20.9 Å². The largest absolute Gasteiger partial charge is 0.502 e. The summed E-state index contributed by atoms with van der Waals surface area (Å²) in [7, 11) is 0. The fourth-order valence-electron chi connectivity index (χ4n) is 2.57. The zero-order valence-corrected chi connectivity index (χ0v) is 16.7. The van der Waals surface area contributed by atoms with E-state index in [0.29, 0.717) is 17.4 Å². The molecule has 2 heterocycles. The Labute approximate surface area is 160 Å². The van der Waals surface area contributed by atoms with E-state index in [1.165, 1.54) is 11.0 Å². The number of carbonyl (C=O) groups is 1. The van der Waals surface area contributed by atoms with E-state index in [4.69, 9.17) is 21.1 Å². The Morgan fingerprint density at radius 2 is 2.24 bits per heavy atom. The molecule has 0 aliphatic carbocycles. The van der Waals surface area contributed by atoms with E-state index in [1.54, 1.807) is 20.8 Å². The lowest BCUT2D eigenvalue weighted by Crippen LogP contribution is -2.46. The second-order valence-electron chi connectivity index (χ2n) is 6.84. The molecule has 1 saturated heterocycles. The van der Waals surface area contributed by atoms with Gasteiger partial charge in [0, 0.05) is 6.54 Å². The smallest absolute Gasteiger partial charge is 0.410 e. The van der Waals surface area contributed by atoms with Crippen LogP contribution in [0, 0.1) is 0 Å². The summed E-state index contributed by atoms with van der Waals surface area (Å²) in [6.45, 7) is 5.75. The van der Waals surface area contributed by atoms with E-state index in [-0.39, 0.29) is 23.4 Å². The highest BCUT2D eigenvalue weighted by molar-refractivity contribution is 9.10. The molecule has 7 nitrogen and oxygen atoms in total. The van der Waals surface area contributed by atoms with Crippen LogP contribution in [-0.4, -0.2) is 57.1 Å². The Morgan fingerprint density at radius 1 is 1.56 bits per heavy atom.